The molecule has 0 spiro atoms. The summed E-state index contributed by atoms with van der Waals surface area (Å²) in [7, 11) is 0. The fourth-order valence-corrected chi connectivity index (χ4v) is 4.00. The zero-order valence-electron chi connectivity index (χ0n) is 14.5. The largest absolute Gasteiger partial charge is 0.313 e. The van der Waals surface area contributed by atoms with Crippen LogP contribution in [0.15, 0.2) is 23.2 Å². The van der Waals surface area contributed by atoms with Crippen LogP contribution in [0.2, 0.25) is 10.0 Å². The number of rotatable bonds is 4. The fourth-order valence-electron chi connectivity index (χ4n) is 3.63. The van der Waals surface area contributed by atoms with Gasteiger partial charge in [0.1, 0.15) is 0 Å². The molecule has 24 heavy (non-hydrogen) atoms. The molecular weight excluding hydrogens is 345 g/mol. The maximum atomic E-state index is 10.5. The van der Waals surface area contributed by atoms with Crippen molar-refractivity contribution in [3.8, 4) is 6.19 Å². The maximum Gasteiger partial charge on any atom is 0.205 e. The van der Waals surface area contributed by atoms with Crippen molar-refractivity contribution in [3.05, 3.63) is 33.8 Å². The second-order valence-corrected chi connectivity index (χ2v) is 8.42. The lowest BCUT2D eigenvalue weighted by Crippen LogP contribution is -2.47. The first-order chi connectivity index (χ1) is 11.1. The van der Waals surface area contributed by atoms with Crippen LogP contribution >= 0.6 is 23.2 Å². The molecule has 1 fully saturated rings. The number of hydroxylamine groups is 2. The van der Waals surface area contributed by atoms with Gasteiger partial charge in [-0.25, -0.2) is 0 Å². The standard InChI is InChI=1S/C18H23Cl2N3O/c1-17(2)10-13(18(3,4)23(17)24)9-15(22-11-21)8-12-7-14(19)5-6-16(12)20/h5-7,13,24H,8-10H2,1-4H3. The van der Waals surface area contributed by atoms with E-state index in [-0.39, 0.29) is 11.5 Å². The molecule has 0 aromatic heterocycles. The first-order valence-electron chi connectivity index (χ1n) is 7.95. The predicted molar refractivity (Wildman–Crippen MR) is 97.7 cm³/mol. The summed E-state index contributed by atoms with van der Waals surface area (Å²) in [5, 5.41) is 22.1. The Labute approximate surface area is 153 Å². The first-order valence-corrected chi connectivity index (χ1v) is 8.71. The van der Waals surface area contributed by atoms with Gasteiger partial charge in [0, 0.05) is 33.3 Å². The average Bonchev–Trinajstić information content (AvgIpc) is 2.63. The number of halogens is 2. The van der Waals surface area contributed by atoms with E-state index in [9.17, 15) is 5.21 Å². The average molecular weight is 368 g/mol. The third-order valence-electron chi connectivity index (χ3n) is 4.96. The molecule has 1 aliphatic heterocycles. The molecule has 6 heteroatoms. The molecule has 0 aliphatic carbocycles. The summed E-state index contributed by atoms with van der Waals surface area (Å²) in [5.74, 6) is 0.183. The summed E-state index contributed by atoms with van der Waals surface area (Å²) in [6, 6.07) is 5.29. The van der Waals surface area contributed by atoms with Gasteiger partial charge in [-0.15, -0.1) is 0 Å². The number of aliphatic imine (C=N–C) groups is 1. The van der Waals surface area contributed by atoms with Gasteiger partial charge in [0.05, 0.1) is 0 Å². The van der Waals surface area contributed by atoms with Gasteiger partial charge < -0.3 is 5.21 Å². The Hall–Kier alpha value is -1.12. The second kappa shape index (κ2) is 7.01. The summed E-state index contributed by atoms with van der Waals surface area (Å²) in [6.45, 7) is 8.07. The third-order valence-corrected chi connectivity index (χ3v) is 5.56. The number of nitriles is 1. The molecule has 2 rings (SSSR count). The van der Waals surface area contributed by atoms with Crippen LogP contribution in [0.25, 0.3) is 0 Å². The van der Waals surface area contributed by atoms with Crippen LogP contribution in [0.1, 0.15) is 46.1 Å². The molecule has 0 amide bonds. The van der Waals surface area contributed by atoms with Crippen LogP contribution < -0.4 is 0 Å². The molecule has 130 valence electrons. The van der Waals surface area contributed by atoms with E-state index in [1.165, 1.54) is 5.06 Å². The first kappa shape index (κ1) is 19.2. The highest BCUT2D eigenvalue weighted by molar-refractivity contribution is 6.33. The monoisotopic (exact) mass is 367 g/mol. The van der Waals surface area contributed by atoms with Crippen LogP contribution in [0.4, 0.5) is 0 Å². The van der Waals surface area contributed by atoms with Crippen LogP contribution in [-0.4, -0.2) is 27.1 Å². The van der Waals surface area contributed by atoms with E-state index in [4.69, 9.17) is 28.5 Å². The lowest BCUT2D eigenvalue weighted by atomic mass is 9.82. The molecule has 1 unspecified atom stereocenters. The Bertz CT molecular complexity index is 692. The number of benzene rings is 1. The highest BCUT2D eigenvalue weighted by Crippen LogP contribution is 2.45. The Balaban J connectivity index is 2.23. The number of hydrogen-bond donors (Lipinski definition) is 1. The normalized spacial score (nSPS) is 23.2. The molecule has 1 heterocycles. The molecule has 1 aliphatic rings. The van der Waals surface area contributed by atoms with Crippen molar-refractivity contribution in [1.82, 2.24) is 5.06 Å². The van der Waals surface area contributed by atoms with Crippen LogP contribution in [-0.2, 0) is 6.42 Å². The fraction of sp³-hybridized carbons (Fsp3) is 0.556. The molecule has 1 atom stereocenters. The Morgan fingerprint density at radius 1 is 1.38 bits per heavy atom. The van der Waals surface area contributed by atoms with Gasteiger partial charge >= 0.3 is 0 Å². The topological polar surface area (TPSA) is 59.6 Å². The smallest absolute Gasteiger partial charge is 0.205 e. The Morgan fingerprint density at radius 2 is 2.04 bits per heavy atom. The Morgan fingerprint density at radius 3 is 2.58 bits per heavy atom. The SMILES string of the molecule is CC1(C)CC(CC(Cc2cc(Cl)ccc2Cl)=NC#N)C(C)(C)N1O. The summed E-state index contributed by atoms with van der Waals surface area (Å²) in [4.78, 5) is 4.01. The van der Waals surface area contributed by atoms with Crippen molar-refractivity contribution in [2.45, 2.75) is 58.0 Å². The van der Waals surface area contributed by atoms with Crippen LogP contribution in [0.5, 0.6) is 0 Å². The molecule has 1 N–H and O–H groups in total. The van der Waals surface area contributed by atoms with Gasteiger partial charge in [-0.3, -0.25) is 0 Å². The van der Waals surface area contributed by atoms with Crippen molar-refractivity contribution >= 4 is 28.9 Å². The van der Waals surface area contributed by atoms with E-state index in [1.807, 2.05) is 33.9 Å². The molecule has 0 saturated carbocycles. The van der Waals surface area contributed by atoms with Crippen molar-refractivity contribution in [2.24, 2.45) is 10.9 Å². The van der Waals surface area contributed by atoms with Crippen molar-refractivity contribution in [2.75, 3.05) is 0 Å². The minimum absolute atomic E-state index is 0.183. The van der Waals surface area contributed by atoms with Crippen LogP contribution in [0, 0.1) is 17.4 Å². The second-order valence-electron chi connectivity index (χ2n) is 7.57. The summed E-state index contributed by atoms with van der Waals surface area (Å²) in [6.07, 6.45) is 3.82. The van der Waals surface area contributed by atoms with E-state index >= 15 is 0 Å². The maximum absolute atomic E-state index is 10.5. The van der Waals surface area contributed by atoms with Crippen LogP contribution in [0.3, 0.4) is 0 Å². The molecule has 1 saturated heterocycles. The molecule has 1 aromatic rings. The van der Waals surface area contributed by atoms with E-state index in [2.05, 4.69) is 4.99 Å². The lowest BCUT2D eigenvalue weighted by Gasteiger charge is -2.36. The zero-order valence-corrected chi connectivity index (χ0v) is 16.0. The van der Waals surface area contributed by atoms with Gasteiger partial charge in [-0.1, -0.05) is 23.2 Å². The molecule has 0 bridgehead atoms. The predicted octanol–water partition coefficient (Wildman–Crippen LogP) is 5.12. The Kier molecular flexibility index (Phi) is 5.61. The van der Waals surface area contributed by atoms with Crippen molar-refractivity contribution in [3.63, 3.8) is 0 Å². The highest BCUT2D eigenvalue weighted by atomic mass is 35.5. The minimum atomic E-state index is -0.391. The molecular formula is C18H23Cl2N3O. The van der Waals surface area contributed by atoms with Gasteiger partial charge in [0.15, 0.2) is 0 Å². The number of hydrogen-bond acceptors (Lipinski definition) is 4. The van der Waals surface area contributed by atoms with Crippen molar-refractivity contribution < 1.29 is 5.21 Å². The minimum Gasteiger partial charge on any atom is -0.313 e. The van der Waals surface area contributed by atoms with E-state index < -0.39 is 5.54 Å². The third kappa shape index (κ3) is 3.92. The van der Waals surface area contributed by atoms with E-state index in [1.54, 1.807) is 18.2 Å². The van der Waals surface area contributed by atoms with E-state index in [0.29, 0.717) is 22.9 Å². The van der Waals surface area contributed by atoms with Gasteiger partial charge in [-0.2, -0.15) is 15.3 Å². The van der Waals surface area contributed by atoms with Gasteiger partial charge in [-0.05, 0) is 70.2 Å². The van der Waals surface area contributed by atoms with E-state index in [0.717, 1.165) is 17.7 Å². The summed E-state index contributed by atoms with van der Waals surface area (Å²) in [5.41, 5.74) is 0.914. The van der Waals surface area contributed by atoms with Crippen molar-refractivity contribution in [1.29, 1.82) is 5.26 Å². The highest BCUT2D eigenvalue weighted by Gasteiger charge is 2.51. The summed E-state index contributed by atoms with van der Waals surface area (Å²) < 4.78 is 0. The van der Waals surface area contributed by atoms with Gasteiger partial charge in [0.2, 0.25) is 6.19 Å². The molecule has 1 aromatic carbocycles. The van der Waals surface area contributed by atoms with Gasteiger partial charge in [0.25, 0.3) is 0 Å². The quantitative estimate of drug-likeness (QED) is 0.593. The molecule has 4 nitrogen and oxygen atoms in total. The number of nitrogens with zero attached hydrogens (tertiary/aromatic N) is 3. The summed E-state index contributed by atoms with van der Waals surface area (Å²) >= 11 is 12.3. The lowest BCUT2D eigenvalue weighted by molar-refractivity contribution is -0.196. The molecule has 0 radical (unpaired) electrons. The zero-order chi connectivity index (χ0) is 18.1.